The fourth-order valence-corrected chi connectivity index (χ4v) is 2.94. The van der Waals surface area contributed by atoms with Crippen LogP contribution in [0, 0.1) is 5.41 Å². The Morgan fingerprint density at radius 2 is 2.14 bits per heavy atom. The number of aromatic amines is 1. The third kappa shape index (κ3) is 2.75. The second-order valence-corrected chi connectivity index (χ2v) is 7.17. The van der Waals surface area contributed by atoms with Gasteiger partial charge in [-0.05, 0) is 30.3 Å². The zero-order valence-corrected chi connectivity index (χ0v) is 13.9. The van der Waals surface area contributed by atoms with Crippen molar-refractivity contribution in [2.45, 2.75) is 40.7 Å². The highest BCUT2D eigenvalue weighted by atomic mass is 16.2. The van der Waals surface area contributed by atoms with Gasteiger partial charge >= 0.3 is 0 Å². The summed E-state index contributed by atoms with van der Waals surface area (Å²) in [4.78, 5) is 18.2. The normalized spacial score (nSPS) is 15.8. The minimum Gasteiger partial charge on any atom is -0.358 e. The van der Waals surface area contributed by atoms with Crippen molar-refractivity contribution in [3.8, 4) is 0 Å². The number of carbonyl (C=O) groups is 1. The first-order valence-electron chi connectivity index (χ1n) is 8.06. The maximum absolute atomic E-state index is 12.2. The number of carbonyl (C=O) groups excluding carboxylic acids is 1. The van der Waals surface area contributed by atoms with E-state index < -0.39 is 0 Å². The van der Waals surface area contributed by atoms with Gasteiger partial charge in [-0.2, -0.15) is 0 Å². The number of fused-ring (bicyclic) bond motifs is 3. The van der Waals surface area contributed by atoms with Gasteiger partial charge in [-0.25, -0.2) is 0 Å². The van der Waals surface area contributed by atoms with E-state index >= 15 is 0 Å². The molecule has 0 saturated carbocycles. The number of likely N-dealkylation sites (N-methyl/N-ethyl adjacent to an activating group) is 1. The highest BCUT2D eigenvalue weighted by Crippen LogP contribution is 2.30. The summed E-state index contributed by atoms with van der Waals surface area (Å²) in [6.45, 7) is 11.2. The Kier molecular flexibility index (Phi) is 3.73. The number of aromatic nitrogens is 1. The molecular formula is C18H25N3O. The Bertz CT molecular complexity index is 709. The number of H-pyrrole nitrogens is 1. The summed E-state index contributed by atoms with van der Waals surface area (Å²) >= 11 is 0. The van der Waals surface area contributed by atoms with Gasteiger partial charge in [0.05, 0.1) is 0 Å². The lowest BCUT2D eigenvalue weighted by Gasteiger charge is -2.25. The highest BCUT2D eigenvalue weighted by molar-refractivity contribution is 5.97. The second-order valence-electron chi connectivity index (χ2n) is 7.17. The average Bonchev–Trinajstić information content (AvgIpc) is 2.83. The predicted molar refractivity (Wildman–Crippen MR) is 91.0 cm³/mol. The van der Waals surface area contributed by atoms with E-state index in [9.17, 15) is 4.79 Å². The maximum atomic E-state index is 12.2. The van der Waals surface area contributed by atoms with Gasteiger partial charge in [0.1, 0.15) is 0 Å². The average molecular weight is 299 g/mol. The van der Waals surface area contributed by atoms with Gasteiger partial charge in [0.15, 0.2) is 0 Å². The molecule has 22 heavy (non-hydrogen) atoms. The lowest BCUT2D eigenvalue weighted by molar-refractivity contribution is -0.123. The molecule has 1 amide bonds. The molecule has 118 valence electrons. The van der Waals surface area contributed by atoms with Gasteiger partial charge in [0.2, 0.25) is 5.91 Å². The molecular weight excluding hydrogens is 274 g/mol. The molecule has 3 rings (SSSR count). The molecule has 1 aromatic heterocycles. The van der Waals surface area contributed by atoms with Crippen molar-refractivity contribution in [3.63, 3.8) is 0 Å². The summed E-state index contributed by atoms with van der Waals surface area (Å²) in [5.74, 6) is 0.0476. The number of nitrogens with one attached hydrogen (secondary N) is 2. The molecule has 4 heteroatoms. The molecule has 0 radical (unpaired) electrons. The van der Waals surface area contributed by atoms with E-state index in [0.29, 0.717) is 0 Å². The van der Waals surface area contributed by atoms with Crippen LogP contribution in [0.3, 0.4) is 0 Å². The van der Waals surface area contributed by atoms with Crippen LogP contribution in [0.4, 0.5) is 5.69 Å². The Morgan fingerprint density at radius 1 is 1.36 bits per heavy atom. The van der Waals surface area contributed by atoms with Crippen LogP contribution < -0.4 is 5.32 Å². The molecule has 0 fully saturated rings. The first-order valence-corrected chi connectivity index (χ1v) is 8.06. The summed E-state index contributed by atoms with van der Waals surface area (Å²) in [6.07, 6.45) is 1.07. The van der Waals surface area contributed by atoms with Crippen LogP contribution >= 0.6 is 0 Å². The van der Waals surface area contributed by atoms with Crippen LogP contribution in [-0.2, 0) is 17.8 Å². The van der Waals surface area contributed by atoms with Crippen LogP contribution in [0.15, 0.2) is 18.2 Å². The monoisotopic (exact) mass is 299 g/mol. The maximum Gasteiger partial charge on any atom is 0.229 e. The SMILES string of the molecule is CCN1CCc2[nH]c3ccc(NC(=O)C(C)(C)C)cc3c2C1. The molecule has 2 heterocycles. The third-order valence-corrected chi connectivity index (χ3v) is 4.44. The van der Waals surface area contributed by atoms with Crippen molar-refractivity contribution in [3.05, 3.63) is 29.5 Å². The summed E-state index contributed by atoms with van der Waals surface area (Å²) in [5.41, 5.74) is 4.39. The fourth-order valence-electron chi connectivity index (χ4n) is 2.94. The van der Waals surface area contributed by atoms with Crippen LogP contribution in [0.25, 0.3) is 10.9 Å². The molecule has 1 aliphatic rings. The lowest BCUT2D eigenvalue weighted by atomic mass is 9.95. The van der Waals surface area contributed by atoms with Gasteiger partial charge in [-0.3, -0.25) is 9.69 Å². The zero-order chi connectivity index (χ0) is 15.9. The first kappa shape index (κ1) is 15.1. The van der Waals surface area contributed by atoms with E-state index in [2.05, 4.69) is 34.3 Å². The minimum absolute atomic E-state index is 0.0476. The molecule has 1 aliphatic heterocycles. The largest absolute Gasteiger partial charge is 0.358 e. The molecule has 4 nitrogen and oxygen atoms in total. The molecule has 2 aromatic rings. The van der Waals surface area contributed by atoms with Crippen LogP contribution in [0.1, 0.15) is 39.0 Å². The number of benzene rings is 1. The molecule has 2 N–H and O–H groups in total. The number of hydrogen-bond donors (Lipinski definition) is 2. The number of amides is 1. The lowest BCUT2D eigenvalue weighted by Crippen LogP contribution is -2.29. The highest BCUT2D eigenvalue weighted by Gasteiger charge is 2.22. The molecule has 0 aliphatic carbocycles. The standard InChI is InChI=1S/C18H25N3O/c1-5-21-9-8-16-14(11-21)13-10-12(6-7-15(13)20-16)19-17(22)18(2,3)4/h6-7,10,20H,5,8-9,11H2,1-4H3,(H,19,22). The molecule has 1 aromatic carbocycles. The van der Waals surface area contributed by atoms with Gasteiger partial charge in [0.25, 0.3) is 0 Å². The predicted octanol–water partition coefficient (Wildman–Crippen LogP) is 3.53. The Hall–Kier alpha value is -1.81. The van der Waals surface area contributed by atoms with Gasteiger partial charge in [-0.1, -0.05) is 27.7 Å². The van der Waals surface area contributed by atoms with E-state index in [4.69, 9.17) is 0 Å². The number of hydrogen-bond acceptors (Lipinski definition) is 2. The number of anilines is 1. The van der Waals surface area contributed by atoms with Crippen molar-refractivity contribution in [1.82, 2.24) is 9.88 Å². The summed E-state index contributed by atoms with van der Waals surface area (Å²) < 4.78 is 0. The van der Waals surface area contributed by atoms with E-state index in [-0.39, 0.29) is 11.3 Å². The molecule has 0 saturated heterocycles. The molecule has 0 bridgehead atoms. The van der Waals surface area contributed by atoms with Crippen LogP contribution in [-0.4, -0.2) is 28.9 Å². The Labute approximate surface area is 131 Å². The van der Waals surface area contributed by atoms with E-state index in [1.807, 2.05) is 26.8 Å². The topological polar surface area (TPSA) is 48.1 Å². The second kappa shape index (κ2) is 5.43. The van der Waals surface area contributed by atoms with Crippen molar-refractivity contribution >= 4 is 22.5 Å². The van der Waals surface area contributed by atoms with E-state index in [0.717, 1.165) is 37.3 Å². The summed E-state index contributed by atoms with van der Waals surface area (Å²) in [6, 6.07) is 6.15. The number of rotatable bonds is 2. The van der Waals surface area contributed by atoms with Crippen molar-refractivity contribution in [1.29, 1.82) is 0 Å². The summed E-state index contributed by atoms with van der Waals surface area (Å²) in [7, 11) is 0. The minimum atomic E-state index is -0.383. The Morgan fingerprint density at radius 3 is 2.82 bits per heavy atom. The molecule has 0 unspecified atom stereocenters. The Balaban J connectivity index is 1.94. The quantitative estimate of drug-likeness (QED) is 0.891. The zero-order valence-electron chi connectivity index (χ0n) is 13.9. The number of nitrogens with zero attached hydrogens (tertiary/aromatic N) is 1. The third-order valence-electron chi connectivity index (χ3n) is 4.44. The first-order chi connectivity index (χ1) is 10.4. The van der Waals surface area contributed by atoms with Gasteiger partial charge < -0.3 is 10.3 Å². The van der Waals surface area contributed by atoms with E-state index in [1.165, 1.54) is 16.6 Å². The molecule has 0 atom stereocenters. The van der Waals surface area contributed by atoms with Crippen molar-refractivity contribution in [2.24, 2.45) is 5.41 Å². The van der Waals surface area contributed by atoms with Crippen LogP contribution in [0.2, 0.25) is 0 Å². The molecule has 0 spiro atoms. The van der Waals surface area contributed by atoms with Crippen molar-refractivity contribution < 1.29 is 4.79 Å². The van der Waals surface area contributed by atoms with Crippen molar-refractivity contribution in [2.75, 3.05) is 18.4 Å². The summed E-state index contributed by atoms with van der Waals surface area (Å²) in [5, 5.41) is 4.27. The van der Waals surface area contributed by atoms with E-state index in [1.54, 1.807) is 0 Å². The smallest absolute Gasteiger partial charge is 0.229 e. The van der Waals surface area contributed by atoms with Gasteiger partial charge in [0, 0.05) is 47.2 Å². The van der Waals surface area contributed by atoms with Gasteiger partial charge in [-0.15, -0.1) is 0 Å². The fraction of sp³-hybridized carbons (Fsp3) is 0.500. The van der Waals surface area contributed by atoms with Crippen LogP contribution in [0.5, 0.6) is 0 Å².